The number of hydrogen-bond donors (Lipinski definition) is 1. The highest BCUT2D eigenvalue weighted by Crippen LogP contribution is 2.25. The van der Waals surface area contributed by atoms with E-state index in [2.05, 4.69) is 26.0 Å². The molecule has 1 unspecified atom stereocenters. The predicted octanol–water partition coefficient (Wildman–Crippen LogP) is 4.45. The second-order valence-corrected chi connectivity index (χ2v) is 4.83. The first-order valence-electron chi connectivity index (χ1n) is 6.79. The van der Waals surface area contributed by atoms with Crippen molar-refractivity contribution in [1.82, 2.24) is 0 Å². The van der Waals surface area contributed by atoms with E-state index in [4.69, 9.17) is 10.5 Å². The van der Waals surface area contributed by atoms with E-state index in [0.29, 0.717) is 12.5 Å². The molecule has 1 atom stereocenters. The zero-order valence-corrected chi connectivity index (χ0v) is 11.6. The Labute approximate surface area is 115 Å². The normalized spacial score (nSPS) is 12.2. The van der Waals surface area contributed by atoms with Gasteiger partial charge in [0.1, 0.15) is 11.5 Å². The van der Waals surface area contributed by atoms with Gasteiger partial charge in [-0.05, 0) is 47.7 Å². The van der Waals surface area contributed by atoms with Crippen LogP contribution < -0.4 is 10.5 Å². The molecule has 19 heavy (non-hydrogen) atoms. The van der Waals surface area contributed by atoms with Crippen LogP contribution in [0.2, 0.25) is 0 Å². The van der Waals surface area contributed by atoms with Gasteiger partial charge >= 0.3 is 0 Å². The molecule has 0 spiro atoms. The summed E-state index contributed by atoms with van der Waals surface area (Å²) in [6, 6.07) is 16.2. The van der Waals surface area contributed by atoms with Crippen molar-refractivity contribution in [3.05, 3.63) is 59.7 Å². The van der Waals surface area contributed by atoms with E-state index in [-0.39, 0.29) is 0 Å². The minimum absolute atomic E-state index is 0.532. The van der Waals surface area contributed by atoms with Gasteiger partial charge in [-0.25, -0.2) is 0 Å². The molecule has 0 aliphatic heterocycles. The molecule has 2 aromatic carbocycles. The Bertz CT molecular complexity index is 519. The molecule has 2 nitrogen and oxygen atoms in total. The van der Waals surface area contributed by atoms with Crippen LogP contribution in [-0.2, 0) is 6.54 Å². The topological polar surface area (TPSA) is 35.2 Å². The van der Waals surface area contributed by atoms with Gasteiger partial charge < -0.3 is 10.5 Å². The Kier molecular flexibility index (Phi) is 4.58. The largest absolute Gasteiger partial charge is 0.457 e. The van der Waals surface area contributed by atoms with E-state index < -0.39 is 0 Å². The predicted molar refractivity (Wildman–Crippen MR) is 79.6 cm³/mol. The highest BCUT2D eigenvalue weighted by Gasteiger charge is 2.03. The smallest absolute Gasteiger partial charge is 0.127 e. The lowest BCUT2D eigenvalue weighted by molar-refractivity contribution is 0.481. The number of nitrogens with two attached hydrogens (primary N) is 1. The van der Waals surface area contributed by atoms with E-state index in [0.717, 1.165) is 23.5 Å². The SMILES string of the molecule is CCC(C)c1ccc(Oc2cccc(CN)c2)cc1. The molecule has 0 saturated heterocycles. The van der Waals surface area contributed by atoms with Crippen molar-refractivity contribution in [3.63, 3.8) is 0 Å². The van der Waals surface area contributed by atoms with E-state index in [9.17, 15) is 0 Å². The molecular weight excluding hydrogens is 234 g/mol. The fraction of sp³-hybridized carbons (Fsp3) is 0.294. The Morgan fingerprint density at radius 2 is 1.79 bits per heavy atom. The van der Waals surface area contributed by atoms with Crippen molar-refractivity contribution < 1.29 is 4.74 Å². The van der Waals surface area contributed by atoms with Crippen LogP contribution in [-0.4, -0.2) is 0 Å². The van der Waals surface area contributed by atoms with Crippen LogP contribution in [0.4, 0.5) is 0 Å². The molecular formula is C17H21NO. The Hall–Kier alpha value is -1.80. The van der Waals surface area contributed by atoms with Crippen molar-refractivity contribution in [2.45, 2.75) is 32.7 Å². The van der Waals surface area contributed by atoms with Gasteiger partial charge in [-0.1, -0.05) is 38.1 Å². The molecule has 0 saturated carbocycles. The third-order valence-electron chi connectivity index (χ3n) is 3.43. The van der Waals surface area contributed by atoms with Gasteiger partial charge in [-0.15, -0.1) is 0 Å². The summed E-state index contributed by atoms with van der Waals surface area (Å²) >= 11 is 0. The first kappa shape index (κ1) is 13.6. The minimum Gasteiger partial charge on any atom is -0.457 e. The second-order valence-electron chi connectivity index (χ2n) is 4.83. The lowest BCUT2D eigenvalue weighted by atomic mass is 9.99. The fourth-order valence-corrected chi connectivity index (χ4v) is 1.97. The lowest BCUT2D eigenvalue weighted by Gasteiger charge is -2.11. The Morgan fingerprint density at radius 1 is 1.05 bits per heavy atom. The summed E-state index contributed by atoms with van der Waals surface area (Å²) in [5.74, 6) is 2.29. The summed E-state index contributed by atoms with van der Waals surface area (Å²) in [4.78, 5) is 0. The number of rotatable bonds is 5. The van der Waals surface area contributed by atoms with Gasteiger partial charge in [-0.3, -0.25) is 0 Å². The molecule has 2 N–H and O–H groups in total. The van der Waals surface area contributed by atoms with Crippen molar-refractivity contribution in [1.29, 1.82) is 0 Å². The average Bonchev–Trinajstić information content (AvgIpc) is 2.47. The monoisotopic (exact) mass is 255 g/mol. The van der Waals surface area contributed by atoms with E-state index >= 15 is 0 Å². The standard InChI is InChI=1S/C17H21NO/c1-3-13(2)15-7-9-16(10-8-15)19-17-6-4-5-14(11-17)12-18/h4-11,13H,3,12,18H2,1-2H3. The second kappa shape index (κ2) is 6.39. The zero-order chi connectivity index (χ0) is 13.7. The molecule has 0 amide bonds. The molecule has 2 heteroatoms. The quantitative estimate of drug-likeness (QED) is 0.856. The van der Waals surface area contributed by atoms with Crippen LogP contribution in [0.25, 0.3) is 0 Å². The van der Waals surface area contributed by atoms with Crippen LogP contribution in [0.15, 0.2) is 48.5 Å². The summed E-state index contributed by atoms with van der Waals surface area (Å²) in [6.07, 6.45) is 1.15. The van der Waals surface area contributed by atoms with Crippen LogP contribution >= 0.6 is 0 Å². The molecule has 0 radical (unpaired) electrons. The van der Waals surface area contributed by atoms with Gasteiger partial charge in [0.15, 0.2) is 0 Å². The summed E-state index contributed by atoms with van der Waals surface area (Å²) in [5.41, 5.74) is 8.05. The molecule has 2 rings (SSSR count). The molecule has 0 bridgehead atoms. The zero-order valence-electron chi connectivity index (χ0n) is 11.6. The maximum atomic E-state index is 5.83. The molecule has 0 fully saturated rings. The Morgan fingerprint density at radius 3 is 2.42 bits per heavy atom. The highest BCUT2D eigenvalue weighted by molar-refractivity contribution is 5.35. The summed E-state index contributed by atoms with van der Waals surface area (Å²) in [5, 5.41) is 0. The van der Waals surface area contributed by atoms with Crippen molar-refractivity contribution in [3.8, 4) is 11.5 Å². The summed E-state index contributed by atoms with van der Waals surface area (Å²) < 4.78 is 5.83. The maximum Gasteiger partial charge on any atom is 0.127 e. The number of ether oxygens (including phenoxy) is 1. The summed E-state index contributed by atoms with van der Waals surface area (Å²) in [7, 11) is 0. The van der Waals surface area contributed by atoms with Crippen molar-refractivity contribution >= 4 is 0 Å². The first-order valence-corrected chi connectivity index (χ1v) is 6.79. The number of benzene rings is 2. The van der Waals surface area contributed by atoms with Gasteiger partial charge in [0.25, 0.3) is 0 Å². The van der Waals surface area contributed by atoms with Gasteiger partial charge in [-0.2, -0.15) is 0 Å². The van der Waals surface area contributed by atoms with Crippen LogP contribution in [0.5, 0.6) is 11.5 Å². The average molecular weight is 255 g/mol. The van der Waals surface area contributed by atoms with Crippen molar-refractivity contribution in [2.24, 2.45) is 5.73 Å². The fourth-order valence-electron chi connectivity index (χ4n) is 1.97. The van der Waals surface area contributed by atoms with E-state index in [1.807, 2.05) is 36.4 Å². The Balaban J connectivity index is 2.10. The van der Waals surface area contributed by atoms with E-state index in [1.165, 1.54) is 5.56 Å². The lowest BCUT2D eigenvalue weighted by Crippen LogP contribution is -1.96. The number of hydrogen-bond acceptors (Lipinski definition) is 2. The third-order valence-corrected chi connectivity index (χ3v) is 3.43. The van der Waals surface area contributed by atoms with Gasteiger partial charge in [0.05, 0.1) is 0 Å². The minimum atomic E-state index is 0.532. The van der Waals surface area contributed by atoms with Crippen LogP contribution in [0.3, 0.4) is 0 Å². The van der Waals surface area contributed by atoms with Crippen molar-refractivity contribution in [2.75, 3.05) is 0 Å². The highest BCUT2D eigenvalue weighted by atomic mass is 16.5. The molecule has 2 aromatic rings. The van der Waals surface area contributed by atoms with E-state index in [1.54, 1.807) is 0 Å². The summed E-state index contributed by atoms with van der Waals surface area (Å²) in [6.45, 7) is 4.97. The molecule has 100 valence electrons. The molecule has 0 heterocycles. The van der Waals surface area contributed by atoms with Gasteiger partial charge in [0, 0.05) is 6.54 Å². The third kappa shape index (κ3) is 3.58. The molecule has 0 aliphatic rings. The van der Waals surface area contributed by atoms with Crippen LogP contribution in [0, 0.1) is 0 Å². The maximum absolute atomic E-state index is 5.83. The molecule has 0 aliphatic carbocycles. The molecule has 0 aromatic heterocycles. The first-order chi connectivity index (χ1) is 9.22. The van der Waals surface area contributed by atoms with Crippen LogP contribution in [0.1, 0.15) is 37.3 Å². The van der Waals surface area contributed by atoms with Gasteiger partial charge in [0.2, 0.25) is 0 Å².